The summed E-state index contributed by atoms with van der Waals surface area (Å²) in [6.45, 7) is 2.60. The number of fused-ring (bicyclic) bond motifs is 1. The van der Waals surface area contributed by atoms with Gasteiger partial charge in [-0.05, 0) is 68.0 Å². The molecule has 0 radical (unpaired) electrons. The number of amides is 1. The van der Waals surface area contributed by atoms with E-state index in [1.54, 1.807) is 36.6 Å². The van der Waals surface area contributed by atoms with Gasteiger partial charge in [-0.1, -0.05) is 42.5 Å². The topological polar surface area (TPSA) is 80.9 Å². The molecule has 1 aliphatic carbocycles. The maximum Gasteiger partial charge on any atom is 0.338 e. The molecule has 1 N–H and O–H groups in total. The Bertz CT molecular complexity index is 1420. The van der Waals surface area contributed by atoms with Crippen LogP contribution in [0, 0.1) is 0 Å². The normalized spacial score (nSPS) is 12.9. The molecule has 0 atom stereocenters. The summed E-state index contributed by atoms with van der Waals surface area (Å²) in [5, 5.41) is 3.79. The van der Waals surface area contributed by atoms with Gasteiger partial charge in [-0.2, -0.15) is 0 Å². The summed E-state index contributed by atoms with van der Waals surface area (Å²) >= 11 is 1.60. The number of carbonyl (C=O) groups is 2. The minimum Gasteiger partial charge on any atom is -0.462 e. The van der Waals surface area contributed by atoms with Gasteiger partial charge in [0.25, 0.3) is 5.91 Å². The van der Waals surface area contributed by atoms with Crippen molar-refractivity contribution in [2.24, 2.45) is 4.99 Å². The molecule has 37 heavy (non-hydrogen) atoms. The molecule has 0 fully saturated rings. The fourth-order valence-corrected chi connectivity index (χ4v) is 5.66. The second-order valence-corrected chi connectivity index (χ2v) is 9.90. The molecule has 2 aromatic carbocycles. The van der Waals surface area contributed by atoms with Gasteiger partial charge in [-0.15, -0.1) is 11.3 Å². The van der Waals surface area contributed by atoms with Crippen molar-refractivity contribution in [3.05, 3.63) is 99.6 Å². The summed E-state index contributed by atoms with van der Waals surface area (Å²) in [6, 6.07) is 20.7. The van der Waals surface area contributed by atoms with Gasteiger partial charge in [-0.25, -0.2) is 9.79 Å². The average molecular weight is 513 g/mol. The van der Waals surface area contributed by atoms with Crippen LogP contribution in [0.1, 0.15) is 62.2 Å². The Morgan fingerprint density at radius 2 is 1.81 bits per heavy atom. The van der Waals surface area contributed by atoms with Crippen molar-refractivity contribution < 1.29 is 18.7 Å². The van der Waals surface area contributed by atoms with Crippen molar-refractivity contribution in [1.82, 2.24) is 5.32 Å². The second kappa shape index (κ2) is 11.4. The van der Waals surface area contributed by atoms with E-state index in [0.29, 0.717) is 40.8 Å². The Balaban J connectivity index is 1.34. The summed E-state index contributed by atoms with van der Waals surface area (Å²) < 4.78 is 11.0. The number of carbonyl (C=O) groups excluding carboxylic acids is 2. The van der Waals surface area contributed by atoms with E-state index in [0.717, 1.165) is 42.4 Å². The molecule has 5 rings (SSSR count). The number of hydrogen-bond donors (Lipinski definition) is 1. The van der Waals surface area contributed by atoms with Gasteiger partial charge in [0.05, 0.1) is 23.9 Å². The SMILES string of the molecule is CCOC(=O)c1ccc(-c2ccc(C=Nc3sc4c(c3C(=O)NCc3ccccc3)CCCC4)o2)cc1. The van der Waals surface area contributed by atoms with Crippen molar-refractivity contribution in [2.75, 3.05) is 6.61 Å². The Labute approximate surface area is 220 Å². The van der Waals surface area contributed by atoms with Crippen LogP contribution in [0.3, 0.4) is 0 Å². The molecule has 0 unspecified atom stereocenters. The number of esters is 1. The first-order valence-corrected chi connectivity index (χ1v) is 13.3. The van der Waals surface area contributed by atoms with E-state index in [1.165, 1.54) is 4.88 Å². The maximum atomic E-state index is 13.3. The number of hydrogen-bond acceptors (Lipinski definition) is 6. The number of rotatable bonds is 8. The lowest BCUT2D eigenvalue weighted by Gasteiger charge is -2.12. The van der Waals surface area contributed by atoms with Crippen molar-refractivity contribution in [1.29, 1.82) is 0 Å². The summed E-state index contributed by atoms with van der Waals surface area (Å²) in [6.07, 6.45) is 5.78. The van der Waals surface area contributed by atoms with Gasteiger partial charge >= 0.3 is 5.97 Å². The standard InChI is InChI=1S/C30H28N2O4S/c1-2-35-30(34)22-14-12-21(13-15-22)25-17-16-23(36-25)19-32-29-27(24-10-6-7-11-26(24)37-29)28(33)31-18-20-8-4-3-5-9-20/h3-5,8-9,12-17,19H,2,6-7,10-11,18H2,1H3,(H,31,33). The third-order valence-corrected chi connectivity index (χ3v) is 7.49. The van der Waals surface area contributed by atoms with Crippen LogP contribution in [-0.4, -0.2) is 24.7 Å². The van der Waals surface area contributed by atoms with E-state index in [9.17, 15) is 9.59 Å². The highest BCUT2D eigenvalue weighted by atomic mass is 32.1. The highest BCUT2D eigenvalue weighted by Crippen LogP contribution is 2.40. The zero-order valence-corrected chi connectivity index (χ0v) is 21.5. The monoisotopic (exact) mass is 512 g/mol. The van der Waals surface area contributed by atoms with Gasteiger partial charge < -0.3 is 14.5 Å². The van der Waals surface area contributed by atoms with Crippen LogP contribution >= 0.6 is 11.3 Å². The largest absolute Gasteiger partial charge is 0.462 e. The molecule has 0 bridgehead atoms. The fraction of sp³-hybridized carbons (Fsp3) is 0.233. The molecule has 7 heteroatoms. The molecule has 1 amide bonds. The van der Waals surface area contributed by atoms with E-state index < -0.39 is 0 Å². The van der Waals surface area contributed by atoms with E-state index in [-0.39, 0.29) is 11.9 Å². The molecule has 1 aliphatic rings. The summed E-state index contributed by atoms with van der Waals surface area (Å²) in [5.74, 6) is 0.829. The lowest BCUT2D eigenvalue weighted by molar-refractivity contribution is 0.0526. The van der Waals surface area contributed by atoms with Crippen LogP contribution in [-0.2, 0) is 24.1 Å². The van der Waals surface area contributed by atoms with Crippen molar-refractivity contribution in [3.8, 4) is 11.3 Å². The number of furan rings is 1. The predicted octanol–water partition coefficient (Wildman–Crippen LogP) is 6.74. The van der Waals surface area contributed by atoms with Crippen molar-refractivity contribution in [2.45, 2.75) is 39.2 Å². The Kier molecular flexibility index (Phi) is 7.61. The lowest BCUT2D eigenvalue weighted by atomic mass is 9.95. The molecule has 6 nitrogen and oxygen atoms in total. The number of nitrogens with one attached hydrogen (secondary N) is 1. The first-order valence-electron chi connectivity index (χ1n) is 12.5. The molecule has 0 aliphatic heterocycles. The van der Waals surface area contributed by atoms with Gasteiger partial charge in [0.15, 0.2) is 0 Å². The first kappa shape index (κ1) is 24.7. The van der Waals surface area contributed by atoms with Crippen molar-refractivity contribution in [3.63, 3.8) is 0 Å². The summed E-state index contributed by atoms with van der Waals surface area (Å²) in [4.78, 5) is 31.1. The van der Waals surface area contributed by atoms with Crippen LogP contribution in [0.15, 0.2) is 76.1 Å². The van der Waals surface area contributed by atoms with Crippen LogP contribution < -0.4 is 5.32 Å². The zero-order chi connectivity index (χ0) is 25.6. The minimum atomic E-state index is -0.344. The predicted molar refractivity (Wildman–Crippen MR) is 146 cm³/mol. The second-order valence-electron chi connectivity index (χ2n) is 8.82. The maximum absolute atomic E-state index is 13.3. The third-order valence-electron chi connectivity index (χ3n) is 6.29. The molecular formula is C30H28N2O4S. The molecule has 2 aromatic heterocycles. The zero-order valence-electron chi connectivity index (χ0n) is 20.7. The van der Waals surface area contributed by atoms with Crippen molar-refractivity contribution >= 4 is 34.4 Å². The Morgan fingerprint density at radius 1 is 1.03 bits per heavy atom. The molecule has 188 valence electrons. The number of thiophene rings is 1. The average Bonchev–Trinajstić information content (AvgIpc) is 3.56. The van der Waals surface area contributed by atoms with Gasteiger partial charge in [0, 0.05) is 17.0 Å². The number of benzene rings is 2. The van der Waals surface area contributed by atoms with E-state index >= 15 is 0 Å². The fourth-order valence-electron chi connectivity index (χ4n) is 4.43. The van der Waals surface area contributed by atoms with Gasteiger partial charge in [-0.3, -0.25) is 4.79 Å². The summed E-state index contributed by atoms with van der Waals surface area (Å²) in [7, 11) is 0. The van der Waals surface area contributed by atoms with Gasteiger partial charge in [0.1, 0.15) is 16.5 Å². The number of aryl methyl sites for hydroxylation is 1. The van der Waals surface area contributed by atoms with Crippen LogP contribution in [0.4, 0.5) is 5.00 Å². The smallest absolute Gasteiger partial charge is 0.338 e. The molecular weight excluding hydrogens is 484 g/mol. The van der Waals surface area contributed by atoms with E-state index in [1.807, 2.05) is 54.6 Å². The van der Waals surface area contributed by atoms with Crippen LogP contribution in [0.5, 0.6) is 0 Å². The van der Waals surface area contributed by atoms with Crippen LogP contribution in [0.25, 0.3) is 11.3 Å². The molecule has 0 spiro atoms. The number of ether oxygens (including phenoxy) is 1. The van der Waals surface area contributed by atoms with E-state index in [2.05, 4.69) is 5.32 Å². The number of nitrogens with zero attached hydrogens (tertiary/aromatic N) is 1. The molecule has 0 saturated carbocycles. The minimum absolute atomic E-state index is 0.0859. The highest BCUT2D eigenvalue weighted by molar-refractivity contribution is 7.16. The third kappa shape index (κ3) is 5.73. The quantitative estimate of drug-likeness (QED) is 0.209. The lowest BCUT2D eigenvalue weighted by Crippen LogP contribution is -2.24. The Morgan fingerprint density at radius 3 is 2.59 bits per heavy atom. The summed E-state index contributed by atoms with van der Waals surface area (Å²) in [5.41, 5.74) is 4.23. The Hall–Kier alpha value is -3.97. The number of aliphatic imine (C=N–C) groups is 1. The molecule has 4 aromatic rings. The molecule has 0 saturated heterocycles. The first-order chi connectivity index (χ1) is 18.1. The van der Waals surface area contributed by atoms with E-state index in [4.69, 9.17) is 14.1 Å². The molecule has 2 heterocycles. The van der Waals surface area contributed by atoms with Crippen LogP contribution in [0.2, 0.25) is 0 Å². The highest BCUT2D eigenvalue weighted by Gasteiger charge is 2.25. The van der Waals surface area contributed by atoms with Gasteiger partial charge in [0.2, 0.25) is 0 Å².